The molecule has 160 valence electrons. The van der Waals surface area contributed by atoms with Crippen molar-refractivity contribution < 1.29 is 22.5 Å². The van der Waals surface area contributed by atoms with Gasteiger partial charge in [0.1, 0.15) is 5.82 Å². The van der Waals surface area contributed by atoms with E-state index < -0.39 is 31.6 Å². The van der Waals surface area contributed by atoms with Crippen molar-refractivity contribution in [2.75, 3.05) is 10.0 Å². The molecule has 0 heterocycles. The van der Waals surface area contributed by atoms with Crippen molar-refractivity contribution in [2.45, 2.75) is 11.8 Å². The molecule has 0 bridgehead atoms. The summed E-state index contributed by atoms with van der Waals surface area (Å²) in [7, 11) is -4.25. The molecule has 0 aromatic heterocycles. The molecular formula is C20H15ClFN3O5S. The van der Waals surface area contributed by atoms with Crippen LogP contribution in [0.4, 0.5) is 21.5 Å². The zero-order chi connectivity index (χ0) is 22.8. The van der Waals surface area contributed by atoms with Crippen LogP contribution in [0, 0.1) is 22.9 Å². The lowest BCUT2D eigenvalue weighted by atomic mass is 10.2. The standard InChI is InChI=1S/C20H15ClFN3O5S/c1-12-17(7-4-8-19(12)25(27)28)24-31(29,30)13-9-10-18(16(22)11-13)23-20(26)14-5-2-3-6-15(14)21/h2-11,24H,1H3,(H,23,26). The normalized spacial score (nSPS) is 11.1. The number of rotatable bonds is 6. The number of carbonyl (C=O) groups is 1. The Morgan fingerprint density at radius 3 is 2.42 bits per heavy atom. The number of hydrogen-bond acceptors (Lipinski definition) is 5. The SMILES string of the molecule is Cc1c(NS(=O)(=O)c2ccc(NC(=O)c3ccccc3Cl)c(F)c2)cccc1[N+](=O)[O-]. The summed E-state index contributed by atoms with van der Waals surface area (Å²) in [4.78, 5) is 22.3. The Morgan fingerprint density at radius 1 is 1.06 bits per heavy atom. The topological polar surface area (TPSA) is 118 Å². The molecule has 2 N–H and O–H groups in total. The number of hydrogen-bond donors (Lipinski definition) is 2. The van der Waals surface area contributed by atoms with Gasteiger partial charge in [-0.25, -0.2) is 12.8 Å². The van der Waals surface area contributed by atoms with Gasteiger partial charge in [0, 0.05) is 6.07 Å². The minimum atomic E-state index is -4.25. The second-order valence-corrected chi connectivity index (χ2v) is 8.48. The molecule has 1 amide bonds. The van der Waals surface area contributed by atoms with Crippen molar-refractivity contribution >= 4 is 44.6 Å². The Labute approximate surface area is 181 Å². The van der Waals surface area contributed by atoms with E-state index in [2.05, 4.69) is 10.0 Å². The lowest BCUT2D eigenvalue weighted by Crippen LogP contribution is -2.16. The molecule has 11 heteroatoms. The van der Waals surface area contributed by atoms with Crippen LogP contribution in [-0.4, -0.2) is 19.2 Å². The number of anilines is 2. The second kappa shape index (κ2) is 8.70. The summed E-state index contributed by atoms with van der Waals surface area (Å²) in [6.07, 6.45) is 0. The molecule has 31 heavy (non-hydrogen) atoms. The molecule has 8 nitrogen and oxygen atoms in total. The molecule has 3 aromatic carbocycles. The molecule has 0 saturated carbocycles. The van der Waals surface area contributed by atoms with Crippen molar-refractivity contribution in [3.05, 3.63) is 92.7 Å². The highest BCUT2D eigenvalue weighted by molar-refractivity contribution is 7.92. The summed E-state index contributed by atoms with van der Waals surface area (Å²) in [6.45, 7) is 1.39. The van der Waals surface area contributed by atoms with Crippen LogP contribution in [0.2, 0.25) is 5.02 Å². The number of halogens is 2. The highest BCUT2D eigenvalue weighted by Crippen LogP contribution is 2.28. The van der Waals surface area contributed by atoms with Crippen molar-refractivity contribution in [3.63, 3.8) is 0 Å². The Morgan fingerprint density at radius 2 is 1.77 bits per heavy atom. The monoisotopic (exact) mass is 463 g/mol. The summed E-state index contributed by atoms with van der Waals surface area (Å²) in [6, 6.07) is 13.0. The van der Waals surface area contributed by atoms with Crippen LogP contribution >= 0.6 is 11.6 Å². The molecule has 0 radical (unpaired) electrons. The molecule has 0 fully saturated rings. The summed E-state index contributed by atoms with van der Waals surface area (Å²) in [5, 5.41) is 13.6. The first-order chi connectivity index (χ1) is 14.6. The van der Waals surface area contributed by atoms with Crippen LogP contribution in [0.1, 0.15) is 15.9 Å². The highest BCUT2D eigenvalue weighted by Gasteiger charge is 2.21. The highest BCUT2D eigenvalue weighted by atomic mass is 35.5. The third kappa shape index (κ3) is 4.81. The average Bonchev–Trinajstić information content (AvgIpc) is 2.71. The van der Waals surface area contributed by atoms with Gasteiger partial charge in [-0.3, -0.25) is 19.6 Å². The van der Waals surface area contributed by atoms with Crippen molar-refractivity contribution in [3.8, 4) is 0 Å². The van der Waals surface area contributed by atoms with Crippen LogP contribution in [0.5, 0.6) is 0 Å². The third-order valence-corrected chi connectivity index (χ3v) is 6.06. The van der Waals surface area contributed by atoms with Gasteiger partial charge in [-0.2, -0.15) is 0 Å². The van der Waals surface area contributed by atoms with E-state index in [9.17, 15) is 27.7 Å². The predicted octanol–water partition coefficient (Wildman–Crippen LogP) is 4.75. The Balaban J connectivity index is 1.85. The molecule has 0 aliphatic rings. The number of nitro benzene ring substituents is 1. The molecule has 0 saturated heterocycles. The maximum atomic E-state index is 14.5. The number of benzene rings is 3. The number of nitro groups is 1. The number of nitrogens with one attached hydrogen (secondary N) is 2. The van der Waals surface area contributed by atoms with Gasteiger partial charge in [0.05, 0.1) is 37.3 Å². The molecule has 0 unspecified atom stereocenters. The van der Waals surface area contributed by atoms with Gasteiger partial charge in [-0.1, -0.05) is 29.8 Å². The van der Waals surface area contributed by atoms with Gasteiger partial charge >= 0.3 is 0 Å². The third-order valence-electron chi connectivity index (χ3n) is 4.36. The molecule has 3 rings (SSSR count). The fourth-order valence-electron chi connectivity index (χ4n) is 2.73. The molecule has 0 atom stereocenters. The van der Waals surface area contributed by atoms with E-state index in [1.54, 1.807) is 12.1 Å². The minimum absolute atomic E-state index is 0.00860. The van der Waals surface area contributed by atoms with E-state index in [1.807, 2.05) is 0 Å². The fraction of sp³-hybridized carbons (Fsp3) is 0.0500. The zero-order valence-electron chi connectivity index (χ0n) is 15.9. The average molecular weight is 464 g/mol. The van der Waals surface area contributed by atoms with Crippen molar-refractivity contribution in [1.82, 2.24) is 0 Å². The van der Waals surface area contributed by atoms with E-state index in [4.69, 9.17) is 11.6 Å². The largest absolute Gasteiger partial charge is 0.319 e. The van der Waals surface area contributed by atoms with E-state index in [-0.39, 0.29) is 33.2 Å². The van der Waals surface area contributed by atoms with Crippen LogP contribution in [-0.2, 0) is 10.0 Å². The lowest BCUT2D eigenvalue weighted by Gasteiger charge is -2.12. The number of carbonyl (C=O) groups excluding carboxylic acids is 1. The zero-order valence-corrected chi connectivity index (χ0v) is 17.5. The Kier molecular flexibility index (Phi) is 6.23. The first-order valence-electron chi connectivity index (χ1n) is 8.72. The van der Waals surface area contributed by atoms with E-state index in [1.165, 1.54) is 37.3 Å². The van der Waals surface area contributed by atoms with E-state index in [0.717, 1.165) is 18.2 Å². The molecule has 3 aromatic rings. The quantitative estimate of drug-likeness (QED) is 0.404. The maximum Gasteiger partial charge on any atom is 0.274 e. The second-order valence-electron chi connectivity index (χ2n) is 6.39. The van der Waals surface area contributed by atoms with Gasteiger partial charge < -0.3 is 5.32 Å². The van der Waals surface area contributed by atoms with Gasteiger partial charge in [0.25, 0.3) is 21.6 Å². The van der Waals surface area contributed by atoms with Crippen molar-refractivity contribution in [2.24, 2.45) is 0 Å². The van der Waals surface area contributed by atoms with Crippen LogP contribution in [0.15, 0.2) is 65.6 Å². The van der Waals surface area contributed by atoms with Gasteiger partial charge in [-0.15, -0.1) is 0 Å². The summed E-state index contributed by atoms with van der Waals surface area (Å²) < 4.78 is 42.0. The van der Waals surface area contributed by atoms with Gasteiger partial charge in [0.2, 0.25) is 0 Å². The summed E-state index contributed by atoms with van der Waals surface area (Å²) in [5.74, 6) is -1.65. The number of amides is 1. The number of nitrogens with zero attached hydrogens (tertiary/aromatic N) is 1. The molecule has 0 spiro atoms. The number of sulfonamides is 1. The minimum Gasteiger partial charge on any atom is -0.319 e. The van der Waals surface area contributed by atoms with E-state index >= 15 is 0 Å². The molecule has 0 aliphatic carbocycles. The Hall–Kier alpha value is -3.50. The van der Waals surface area contributed by atoms with Crippen LogP contribution in [0.25, 0.3) is 0 Å². The van der Waals surface area contributed by atoms with Crippen LogP contribution in [0.3, 0.4) is 0 Å². The summed E-state index contributed by atoms with van der Waals surface area (Å²) in [5.41, 5.74) is -0.270. The van der Waals surface area contributed by atoms with Gasteiger partial charge in [-0.05, 0) is 43.3 Å². The lowest BCUT2D eigenvalue weighted by molar-refractivity contribution is -0.385. The Bertz CT molecular complexity index is 1300. The fourth-order valence-corrected chi connectivity index (χ4v) is 4.09. The molecule has 0 aliphatic heterocycles. The maximum absolute atomic E-state index is 14.5. The van der Waals surface area contributed by atoms with Crippen LogP contribution < -0.4 is 10.0 Å². The van der Waals surface area contributed by atoms with Gasteiger partial charge in [0.15, 0.2) is 0 Å². The van der Waals surface area contributed by atoms with Crippen molar-refractivity contribution in [1.29, 1.82) is 0 Å². The smallest absolute Gasteiger partial charge is 0.274 e. The predicted molar refractivity (Wildman–Crippen MR) is 114 cm³/mol. The van der Waals surface area contributed by atoms with E-state index in [0.29, 0.717) is 0 Å². The summed E-state index contributed by atoms with van der Waals surface area (Å²) >= 11 is 5.95. The first kappa shape index (κ1) is 22.2. The first-order valence-corrected chi connectivity index (χ1v) is 10.6. The molecular weight excluding hydrogens is 449 g/mol.